The lowest BCUT2D eigenvalue weighted by atomic mass is 9.99. The van der Waals surface area contributed by atoms with E-state index in [4.69, 9.17) is 9.47 Å². The number of rotatable bonds is 4. The van der Waals surface area contributed by atoms with Crippen molar-refractivity contribution in [3.63, 3.8) is 0 Å². The minimum Gasteiger partial charge on any atom is -0.497 e. The van der Waals surface area contributed by atoms with Crippen LogP contribution in [0.3, 0.4) is 0 Å². The Morgan fingerprint density at radius 2 is 2.17 bits per heavy atom. The standard InChI is InChI=1S/C17H25N3O3/c1-3-13-11-20(12-16(13)19-6-8-23-9-7-19)17(21)15-10-14(22-2)4-5-18-15/h4-5,10,13,16H,3,6-9,11-12H2,1-2H3/t13-,16-/m0/s1. The first-order valence-electron chi connectivity index (χ1n) is 8.34. The second-order valence-electron chi connectivity index (χ2n) is 6.18. The van der Waals surface area contributed by atoms with Crippen LogP contribution in [0.4, 0.5) is 0 Å². The number of methoxy groups -OCH3 is 1. The van der Waals surface area contributed by atoms with E-state index >= 15 is 0 Å². The summed E-state index contributed by atoms with van der Waals surface area (Å²) in [6.45, 7) is 7.28. The number of hydrogen-bond donors (Lipinski definition) is 0. The fraction of sp³-hybridized carbons (Fsp3) is 0.647. The van der Waals surface area contributed by atoms with E-state index < -0.39 is 0 Å². The summed E-state index contributed by atoms with van der Waals surface area (Å²) in [7, 11) is 1.60. The summed E-state index contributed by atoms with van der Waals surface area (Å²) in [5, 5.41) is 0. The Balaban J connectivity index is 1.71. The number of pyridine rings is 1. The molecule has 126 valence electrons. The minimum atomic E-state index is -0.00175. The van der Waals surface area contributed by atoms with Crippen LogP contribution in [0.1, 0.15) is 23.8 Å². The molecule has 0 saturated carbocycles. The zero-order valence-electron chi connectivity index (χ0n) is 13.9. The van der Waals surface area contributed by atoms with Gasteiger partial charge in [-0.05, 0) is 12.0 Å². The van der Waals surface area contributed by atoms with Crippen LogP contribution in [-0.4, -0.2) is 73.2 Å². The molecule has 1 aromatic rings. The number of ether oxygens (including phenoxy) is 2. The van der Waals surface area contributed by atoms with Crippen LogP contribution in [0, 0.1) is 5.92 Å². The summed E-state index contributed by atoms with van der Waals surface area (Å²) in [5.41, 5.74) is 0.460. The molecule has 3 heterocycles. The van der Waals surface area contributed by atoms with Gasteiger partial charge in [-0.2, -0.15) is 0 Å². The van der Waals surface area contributed by atoms with E-state index in [0.717, 1.165) is 45.8 Å². The van der Waals surface area contributed by atoms with Crippen LogP contribution >= 0.6 is 0 Å². The van der Waals surface area contributed by atoms with Crippen LogP contribution < -0.4 is 4.74 Å². The molecule has 0 aromatic carbocycles. The number of nitrogens with zero attached hydrogens (tertiary/aromatic N) is 3. The van der Waals surface area contributed by atoms with Crippen molar-refractivity contribution in [3.8, 4) is 5.75 Å². The van der Waals surface area contributed by atoms with Gasteiger partial charge in [0.25, 0.3) is 5.91 Å². The molecule has 0 radical (unpaired) electrons. The number of carbonyl (C=O) groups excluding carboxylic acids is 1. The zero-order chi connectivity index (χ0) is 16.2. The molecule has 3 rings (SSSR count). The van der Waals surface area contributed by atoms with Crippen LogP contribution in [0.25, 0.3) is 0 Å². The molecule has 2 atom stereocenters. The summed E-state index contributed by atoms with van der Waals surface area (Å²) in [4.78, 5) is 21.4. The smallest absolute Gasteiger partial charge is 0.272 e. The molecule has 0 unspecified atom stereocenters. The summed E-state index contributed by atoms with van der Waals surface area (Å²) in [6.07, 6.45) is 2.70. The van der Waals surface area contributed by atoms with Gasteiger partial charge in [0.2, 0.25) is 0 Å². The lowest BCUT2D eigenvalue weighted by Crippen LogP contribution is -2.47. The van der Waals surface area contributed by atoms with Crippen LogP contribution in [0.5, 0.6) is 5.75 Å². The van der Waals surface area contributed by atoms with Gasteiger partial charge in [-0.15, -0.1) is 0 Å². The van der Waals surface area contributed by atoms with Crippen molar-refractivity contribution in [3.05, 3.63) is 24.0 Å². The summed E-state index contributed by atoms with van der Waals surface area (Å²) < 4.78 is 10.6. The van der Waals surface area contributed by atoms with Gasteiger partial charge < -0.3 is 14.4 Å². The van der Waals surface area contributed by atoms with Crippen molar-refractivity contribution >= 4 is 5.91 Å². The van der Waals surface area contributed by atoms with E-state index in [1.54, 1.807) is 25.4 Å². The molecule has 1 aromatic heterocycles. The summed E-state index contributed by atoms with van der Waals surface area (Å²) in [5.74, 6) is 1.18. The Labute approximate surface area is 137 Å². The SMILES string of the molecule is CC[C@H]1CN(C(=O)c2cc(OC)ccn2)C[C@@H]1N1CCOCC1. The van der Waals surface area contributed by atoms with Gasteiger partial charge in [-0.3, -0.25) is 14.7 Å². The van der Waals surface area contributed by atoms with Gasteiger partial charge in [0, 0.05) is 44.5 Å². The lowest BCUT2D eigenvalue weighted by Gasteiger charge is -2.34. The fourth-order valence-electron chi connectivity index (χ4n) is 3.56. The second kappa shape index (κ2) is 7.27. The number of hydrogen-bond acceptors (Lipinski definition) is 5. The molecule has 2 aliphatic heterocycles. The molecule has 2 fully saturated rings. The number of morpholine rings is 1. The average molecular weight is 319 g/mol. The van der Waals surface area contributed by atoms with Crippen molar-refractivity contribution in [2.45, 2.75) is 19.4 Å². The predicted molar refractivity (Wildman–Crippen MR) is 86.7 cm³/mol. The van der Waals surface area contributed by atoms with E-state index in [1.807, 2.05) is 4.90 Å². The van der Waals surface area contributed by atoms with Crippen molar-refractivity contribution in [1.29, 1.82) is 0 Å². The summed E-state index contributed by atoms with van der Waals surface area (Å²) >= 11 is 0. The van der Waals surface area contributed by atoms with Crippen LogP contribution in [-0.2, 0) is 4.74 Å². The molecule has 0 bridgehead atoms. The Morgan fingerprint density at radius 3 is 2.87 bits per heavy atom. The third-order valence-corrected chi connectivity index (χ3v) is 4.92. The second-order valence-corrected chi connectivity index (χ2v) is 6.18. The highest BCUT2D eigenvalue weighted by atomic mass is 16.5. The summed E-state index contributed by atoms with van der Waals surface area (Å²) in [6, 6.07) is 3.90. The highest BCUT2D eigenvalue weighted by Crippen LogP contribution is 2.27. The average Bonchev–Trinajstić information content (AvgIpc) is 3.06. The maximum absolute atomic E-state index is 12.8. The molecule has 0 N–H and O–H groups in total. The topological polar surface area (TPSA) is 54.9 Å². The maximum Gasteiger partial charge on any atom is 0.272 e. The monoisotopic (exact) mass is 319 g/mol. The van der Waals surface area contributed by atoms with Crippen LogP contribution in [0.2, 0.25) is 0 Å². The molecule has 0 aliphatic carbocycles. The fourth-order valence-corrected chi connectivity index (χ4v) is 3.56. The Morgan fingerprint density at radius 1 is 1.39 bits per heavy atom. The van der Waals surface area contributed by atoms with E-state index in [2.05, 4.69) is 16.8 Å². The Hall–Kier alpha value is -1.66. The lowest BCUT2D eigenvalue weighted by molar-refractivity contribution is 0.0102. The zero-order valence-corrected chi connectivity index (χ0v) is 13.9. The third-order valence-electron chi connectivity index (χ3n) is 4.92. The number of aromatic nitrogens is 1. The minimum absolute atomic E-state index is 0.00175. The molecule has 6 nitrogen and oxygen atoms in total. The van der Waals surface area contributed by atoms with Crippen LogP contribution in [0.15, 0.2) is 18.3 Å². The van der Waals surface area contributed by atoms with Gasteiger partial charge in [-0.1, -0.05) is 13.3 Å². The van der Waals surface area contributed by atoms with Gasteiger partial charge in [0.15, 0.2) is 0 Å². The maximum atomic E-state index is 12.8. The number of carbonyl (C=O) groups is 1. The molecular weight excluding hydrogens is 294 g/mol. The van der Waals surface area contributed by atoms with E-state index in [9.17, 15) is 4.79 Å². The van der Waals surface area contributed by atoms with Crippen molar-refractivity contribution in [2.75, 3.05) is 46.5 Å². The van der Waals surface area contributed by atoms with E-state index in [1.165, 1.54) is 0 Å². The third kappa shape index (κ3) is 3.48. The first kappa shape index (κ1) is 16.2. The van der Waals surface area contributed by atoms with E-state index in [-0.39, 0.29) is 5.91 Å². The normalized spacial score (nSPS) is 25.6. The van der Waals surface area contributed by atoms with Crippen molar-refractivity contribution in [1.82, 2.24) is 14.8 Å². The van der Waals surface area contributed by atoms with Gasteiger partial charge in [-0.25, -0.2) is 0 Å². The highest BCUT2D eigenvalue weighted by molar-refractivity contribution is 5.92. The molecule has 1 amide bonds. The van der Waals surface area contributed by atoms with Gasteiger partial charge in [0.1, 0.15) is 11.4 Å². The molecule has 6 heteroatoms. The molecule has 23 heavy (non-hydrogen) atoms. The van der Waals surface area contributed by atoms with Crippen molar-refractivity contribution < 1.29 is 14.3 Å². The molecule has 0 spiro atoms. The quantitative estimate of drug-likeness (QED) is 0.837. The largest absolute Gasteiger partial charge is 0.497 e. The number of amides is 1. The Bertz CT molecular complexity index is 546. The molecule has 2 aliphatic rings. The Kier molecular flexibility index (Phi) is 5.13. The number of likely N-dealkylation sites (tertiary alicyclic amines) is 1. The first-order chi connectivity index (χ1) is 11.2. The van der Waals surface area contributed by atoms with Crippen molar-refractivity contribution in [2.24, 2.45) is 5.92 Å². The molecular formula is C17H25N3O3. The van der Waals surface area contributed by atoms with E-state index in [0.29, 0.717) is 23.4 Å². The van der Waals surface area contributed by atoms with Gasteiger partial charge >= 0.3 is 0 Å². The van der Waals surface area contributed by atoms with Gasteiger partial charge in [0.05, 0.1) is 20.3 Å². The molecule has 2 saturated heterocycles. The highest BCUT2D eigenvalue weighted by Gasteiger charge is 2.38. The first-order valence-corrected chi connectivity index (χ1v) is 8.34. The predicted octanol–water partition coefficient (Wildman–Crippen LogP) is 1.27.